The first-order chi connectivity index (χ1) is 15.0. The minimum atomic E-state index is -0.399. The summed E-state index contributed by atoms with van der Waals surface area (Å²) >= 11 is 5.98. The molecule has 0 bridgehead atoms. The van der Waals surface area contributed by atoms with E-state index in [9.17, 15) is 9.59 Å². The van der Waals surface area contributed by atoms with E-state index in [1.54, 1.807) is 18.2 Å². The van der Waals surface area contributed by atoms with Crippen LogP contribution in [0, 0.1) is 6.92 Å². The van der Waals surface area contributed by atoms with E-state index < -0.39 is 5.56 Å². The van der Waals surface area contributed by atoms with Gasteiger partial charge in [-0.05, 0) is 25.1 Å². The molecule has 8 nitrogen and oxygen atoms in total. The van der Waals surface area contributed by atoms with Crippen molar-refractivity contribution in [2.24, 2.45) is 0 Å². The minimum Gasteiger partial charge on any atom is -0.495 e. The van der Waals surface area contributed by atoms with E-state index >= 15 is 0 Å². The van der Waals surface area contributed by atoms with E-state index in [1.807, 2.05) is 31.2 Å². The normalized spacial score (nSPS) is 10.9. The third-order valence-corrected chi connectivity index (χ3v) is 5.02. The number of aromatic nitrogens is 3. The van der Waals surface area contributed by atoms with E-state index in [2.05, 4.69) is 15.5 Å². The number of hydrogen-bond donors (Lipinski definition) is 1. The van der Waals surface area contributed by atoms with Crippen molar-refractivity contribution in [3.63, 3.8) is 0 Å². The zero-order chi connectivity index (χ0) is 22.0. The summed E-state index contributed by atoms with van der Waals surface area (Å²) in [5.41, 5.74) is 2.92. The molecule has 9 heteroatoms. The third-order valence-electron chi connectivity index (χ3n) is 4.79. The van der Waals surface area contributed by atoms with Crippen molar-refractivity contribution in [3.05, 3.63) is 69.7 Å². The number of hydrogen-bond acceptors (Lipinski definition) is 6. The minimum absolute atomic E-state index is 0.0434. The molecule has 0 aliphatic heterocycles. The molecule has 31 heavy (non-hydrogen) atoms. The Labute approximate surface area is 182 Å². The van der Waals surface area contributed by atoms with E-state index in [4.69, 9.17) is 20.9 Å². The summed E-state index contributed by atoms with van der Waals surface area (Å²) in [6.07, 6.45) is 1.44. The second-order valence-electron chi connectivity index (χ2n) is 6.96. The van der Waals surface area contributed by atoms with Gasteiger partial charge in [-0.2, -0.15) is 0 Å². The number of methoxy groups -OCH3 is 1. The number of rotatable bonds is 6. The van der Waals surface area contributed by atoms with Crippen molar-refractivity contribution >= 4 is 34.3 Å². The van der Waals surface area contributed by atoms with Crippen LogP contribution in [0.5, 0.6) is 5.75 Å². The lowest BCUT2D eigenvalue weighted by atomic mass is 10.1. The van der Waals surface area contributed by atoms with Gasteiger partial charge in [0.1, 0.15) is 17.0 Å². The second kappa shape index (κ2) is 8.61. The Morgan fingerprint density at radius 2 is 2.00 bits per heavy atom. The maximum atomic E-state index is 12.8. The average Bonchev–Trinajstić information content (AvgIpc) is 3.19. The van der Waals surface area contributed by atoms with Crippen molar-refractivity contribution in [2.45, 2.75) is 19.9 Å². The first-order valence-electron chi connectivity index (χ1n) is 9.51. The summed E-state index contributed by atoms with van der Waals surface area (Å²) in [6.45, 7) is 2.11. The van der Waals surface area contributed by atoms with Gasteiger partial charge in [-0.25, -0.2) is 4.98 Å². The molecule has 0 atom stereocenters. The Kier molecular flexibility index (Phi) is 5.73. The van der Waals surface area contributed by atoms with Gasteiger partial charge in [-0.15, -0.1) is 0 Å². The lowest BCUT2D eigenvalue weighted by Crippen LogP contribution is -2.23. The first kappa shape index (κ1) is 20.6. The van der Waals surface area contributed by atoms with Crippen LogP contribution in [0.15, 0.2) is 58.1 Å². The number of fused-ring (bicyclic) bond motifs is 1. The molecule has 1 N–H and O–H groups in total. The Morgan fingerprint density at radius 1 is 1.23 bits per heavy atom. The zero-order valence-corrected chi connectivity index (χ0v) is 17.6. The molecule has 2 aromatic heterocycles. The van der Waals surface area contributed by atoms with Crippen LogP contribution in [0.3, 0.4) is 0 Å². The lowest BCUT2D eigenvalue weighted by molar-refractivity contribution is -0.116. The Bertz CT molecular complexity index is 1310. The third kappa shape index (κ3) is 4.29. The highest BCUT2D eigenvalue weighted by molar-refractivity contribution is 6.31. The standard InChI is InChI=1S/C22H19ClN4O4/c1-13-3-5-14(6-4-13)19-20-21(31-26-19)22(29)27(12-24-20)10-9-18(28)25-16-11-15(23)7-8-17(16)30-2/h3-8,11-12H,9-10H2,1-2H3,(H,25,28). The molecule has 0 aliphatic rings. The van der Waals surface area contributed by atoms with Crippen LogP contribution in [0.2, 0.25) is 5.02 Å². The number of carbonyl (C=O) groups excluding carboxylic acids is 1. The summed E-state index contributed by atoms with van der Waals surface area (Å²) in [5, 5.41) is 7.23. The summed E-state index contributed by atoms with van der Waals surface area (Å²) in [7, 11) is 1.50. The van der Waals surface area contributed by atoms with Gasteiger partial charge in [0.2, 0.25) is 5.91 Å². The number of halogens is 1. The molecule has 1 amide bonds. The van der Waals surface area contributed by atoms with Crippen molar-refractivity contribution in [1.29, 1.82) is 0 Å². The Balaban J connectivity index is 1.51. The largest absolute Gasteiger partial charge is 0.495 e. The van der Waals surface area contributed by atoms with Gasteiger partial charge in [0.05, 0.1) is 19.1 Å². The second-order valence-corrected chi connectivity index (χ2v) is 7.40. The predicted molar refractivity (Wildman–Crippen MR) is 117 cm³/mol. The molecule has 158 valence electrons. The van der Waals surface area contributed by atoms with Crippen LogP contribution in [0.25, 0.3) is 22.4 Å². The van der Waals surface area contributed by atoms with E-state index in [-0.39, 0.29) is 24.5 Å². The molecule has 2 aromatic carbocycles. The van der Waals surface area contributed by atoms with Gasteiger partial charge >= 0.3 is 0 Å². The predicted octanol–water partition coefficient (Wildman–Crippen LogP) is 4.05. The quantitative estimate of drug-likeness (QED) is 0.487. The maximum Gasteiger partial charge on any atom is 0.299 e. The molecule has 0 saturated heterocycles. The van der Waals surface area contributed by atoms with Crippen molar-refractivity contribution in [3.8, 4) is 17.0 Å². The Hall–Kier alpha value is -3.65. The SMILES string of the molecule is COc1ccc(Cl)cc1NC(=O)CCn1cnc2c(-c3ccc(C)cc3)noc2c1=O. The fourth-order valence-corrected chi connectivity index (χ4v) is 3.30. The van der Waals surface area contributed by atoms with Gasteiger partial charge in [-0.1, -0.05) is 46.6 Å². The molecule has 4 rings (SSSR count). The summed E-state index contributed by atoms with van der Waals surface area (Å²) < 4.78 is 11.8. The van der Waals surface area contributed by atoms with Crippen LogP contribution >= 0.6 is 11.6 Å². The van der Waals surface area contributed by atoms with Crippen LogP contribution in [0.1, 0.15) is 12.0 Å². The zero-order valence-electron chi connectivity index (χ0n) is 16.9. The van der Waals surface area contributed by atoms with Crippen molar-refractivity contribution < 1.29 is 14.1 Å². The van der Waals surface area contributed by atoms with Gasteiger partial charge in [0, 0.05) is 23.6 Å². The smallest absolute Gasteiger partial charge is 0.299 e. The highest BCUT2D eigenvalue weighted by Crippen LogP contribution is 2.28. The molecule has 2 heterocycles. The number of carbonyl (C=O) groups is 1. The number of nitrogens with one attached hydrogen (secondary N) is 1. The molecule has 0 fully saturated rings. The van der Waals surface area contributed by atoms with E-state index in [1.165, 1.54) is 18.0 Å². The van der Waals surface area contributed by atoms with Crippen molar-refractivity contribution in [1.82, 2.24) is 14.7 Å². The maximum absolute atomic E-state index is 12.8. The molecule has 4 aromatic rings. The summed E-state index contributed by atoms with van der Waals surface area (Å²) in [5.74, 6) is 0.189. The number of nitrogens with zero attached hydrogens (tertiary/aromatic N) is 3. The molecular formula is C22H19ClN4O4. The van der Waals surface area contributed by atoms with Crippen molar-refractivity contribution in [2.75, 3.05) is 12.4 Å². The van der Waals surface area contributed by atoms with Crippen LogP contribution in [-0.2, 0) is 11.3 Å². The number of aryl methyl sites for hydroxylation is 2. The van der Waals surface area contributed by atoms with E-state index in [0.717, 1.165) is 11.1 Å². The van der Waals surface area contributed by atoms with Gasteiger partial charge in [-0.3, -0.25) is 14.2 Å². The van der Waals surface area contributed by atoms with Gasteiger partial charge in [0.15, 0.2) is 0 Å². The average molecular weight is 439 g/mol. The molecule has 0 unspecified atom stereocenters. The van der Waals surface area contributed by atoms with Crippen LogP contribution < -0.4 is 15.6 Å². The first-order valence-corrected chi connectivity index (χ1v) is 9.89. The number of amides is 1. The summed E-state index contributed by atoms with van der Waals surface area (Å²) in [6, 6.07) is 12.6. The van der Waals surface area contributed by atoms with Crippen LogP contribution in [-0.4, -0.2) is 27.7 Å². The fraction of sp³-hybridized carbons (Fsp3) is 0.182. The monoisotopic (exact) mass is 438 g/mol. The van der Waals surface area contributed by atoms with Gasteiger partial charge in [0.25, 0.3) is 11.1 Å². The highest BCUT2D eigenvalue weighted by Gasteiger charge is 2.17. The molecular weight excluding hydrogens is 420 g/mol. The number of anilines is 1. The molecule has 0 radical (unpaired) electrons. The summed E-state index contributed by atoms with van der Waals surface area (Å²) in [4.78, 5) is 29.5. The highest BCUT2D eigenvalue weighted by atomic mass is 35.5. The van der Waals surface area contributed by atoms with Crippen LogP contribution in [0.4, 0.5) is 5.69 Å². The topological polar surface area (TPSA) is 99.2 Å². The molecule has 0 spiro atoms. The number of ether oxygens (including phenoxy) is 1. The Morgan fingerprint density at radius 3 is 2.74 bits per heavy atom. The van der Waals surface area contributed by atoms with E-state index in [0.29, 0.717) is 27.7 Å². The molecule has 0 saturated carbocycles. The van der Waals surface area contributed by atoms with Gasteiger partial charge < -0.3 is 14.6 Å². The molecule has 0 aliphatic carbocycles. The number of benzene rings is 2. The lowest BCUT2D eigenvalue weighted by Gasteiger charge is -2.11. The fourth-order valence-electron chi connectivity index (χ4n) is 3.13.